The summed E-state index contributed by atoms with van der Waals surface area (Å²) in [5.74, 6) is 0. The second-order valence-corrected chi connectivity index (χ2v) is 6.18. The fourth-order valence-electron chi connectivity index (χ4n) is 2.89. The molecule has 0 unspecified atom stereocenters. The maximum absolute atomic E-state index is 4.82. The molecule has 0 aliphatic heterocycles. The Morgan fingerprint density at radius 3 is 2.71 bits per heavy atom. The summed E-state index contributed by atoms with van der Waals surface area (Å²) >= 11 is 0. The molecule has 0 amide bonds. The summed E-state index contributed by atoms with van der Waals surface area (Å²) in [4.78, 5) is 7.27. The molecule has 1 aromatic carbocycles. The van der Waals surface area contributed by atoms with Gasteiger partial charge in [-0.2, -0.15) is 0 Å². The van der Waals surface area contributed by atoms with Gasteiger partial charge in [0, 0.05) is 36.2 Å². The molecular formula is C18H25N3. The van der Waals surface area contributed by atoms with E-state index in [9.17, 15) is 0 Å². The molecule has 112 valence electrons. The summed E-state index contributed by atoms with van der Waals surface area (Å²) in [6.07, 6.45) is 2.63. The molecule has 0 atom stereocenters. The molecule has 1 aliphatic carbocycles. The Morgan fingerprint density at radius 1 is 1.29 bits per heavy atom. The lowest BCUT2D eigenvalue weighted by atomic mass is 10.1. The number of rotatable bonds is 6. The van der Waals surface area contributed by atoms with Crippen LogP contribution < -0.4 is 10.2 Å². The van der Waals surface area contributed by atoms with E-state index in [1.54, 1.807) is 0 Å². The third kappa shape index (κ3) is 3.18. The fraction of sp³-hybridized carbons (Fsp3) is 0.500. The molecule has 21 heavy (non-hydrogen) atoms. The number of aromatic nitrogens is 1. The molecule has 2 aromatic rings. The van der Waals surface area contributed by atoms with E-state index in [4.69, 9.17) is 4.98 Å². The van der Waals surface area contributed by atoms with Crippen molar-refractivity contribution < 1.29 is 0 Å². The van der Waals surface area contributed by atoms with Crippen LogP contribution in [-0.2, 0) is 6.54 Å². The van der Waals surface area contributed by atoms with Crippen molar-refractivity contribution in [3.8, 4) is 0 Å². The molecule has 3 nitrogen and oxygen atoms in total. The Morgan fingerprint density at radius 2 is 2.05 bits per heavy atom. The Kier molecular flexibility index (Phi) is 4.11. The predicted octanol–water partition coefficient (Wildman–Crippen LogP) is 3.72. The largest absolute Gasteiger partial charge is 0.369 e. The molecule has 3 rings (SSSR count). The molecule has 1 heterocycles. The second-order valence-electron chi connectivity index (χ2n) is 6.18. The van der Waals surface area contributed by atoms with Gasteiger partial charge in [-0.05, 0) is 45.7 Å². The number of anilines is 1. The summed E-state index contributed by atoms with van der Waals surface area (Å²) < 4.78 is 0. The van der Waals surface area contributed by atoms with Crippen LogP contribution in [-0.4, -0.2) is 23.6 Å². The zero-order valence-corrected chi connectivity index (χ0v) is 13.3. The Balaban J connectivity index is 2.01. The van der Waals surface area contributed by atoms with Gasteiger partial charge in [0.05, 0.1) is 11.2 Å². The van der Waals surface area contributed by atoms with Crippen LogP contribution in [0.1, 0.15) is 39.3 Å². The van der Waals surface area contributed by atoms with E-state index >= 15 is 0 Å². The van der Waals surface area contributed by atoms with Crippen molar-refractivity contribution in [2.45, 2.75) is 52.2 Å². The van der Waals surface area contributed by atoms with Gasteiger partial charge >= 0.3 is 0 Å². The van der Waals surface area contributed by atoms with E-state index in [0.29, 0.717) is 12.1 Å². The van der Waals surface area contributed by atoms with E-state index in [2.05, 4.69) is 61.3 Å². The van der Waals surface area contributed by atoms with Crippen LogP contribution in [0, 0.1) is 0 Å². The SMILES string of the molecule is CCN(c1cc(CNC2CC2)nc2ccccc12)C(C)C. The first-order valence-corrected chi connectivity index (χ1v) is 8.07. The highest BCUT2D eigenvalue weighted by Crippen LogP contribution is 2.28. The summed E-state index contributed by atoms with van der Waals surface area (Å²) in [6, 6.07) is 11.9. The minimum absolute atomic E-state index is 0.491. The quantitative estimate of drug-likeness (QED) is 0.875. The van der Waals surface area contributed by atoms with E-state index < -0.39 is 0 Å². The maximum Gasteiger partial charge on any atom is 0.0726 e. The fourth-order valence-corrected chi connectivity index (χ4v) is 2.89. The highest BCUT2D eigenvalue weighted by molar-refractivity contribution is 5.92. The molecule has 1 fully saturated rings. The molecule has 1 N–H and O–H groups in total. The zero-order valence-electron chi connectivity index (χ0n) is 13.3. The van der Waals surface area contributed by atoms with Gasteiger partial charge in [-0.1, -0.05) is 18.2 Å². The Bertz CT molecular complexity index is 617. The summed E-state index contributed by atoms with van der Waals surface area (Å²) in [7, 11) is 0. The second kappa shape index (κ2) is 6.02. The van der Waals surface area contributed by atoms with Gasteiger partial charge in [-0.25, -0.2) is 0 Å². The summed E-state index contributed by atoms with van der Waals surface area (Å²) in [6.45, 7) is 8.61. The predicted molar refractivity (Wildman–Crippen MR) is 89.8 cm³/mol. The third-order valence-corrected chi connectivity index (χ3v) is 4.17. The van der Waals surface area contributed by atoms with Crippen molar-refractivity contribution in [3.05, 3.63) is 36.0 Å². The zero-order chi connectivity index (χ0) is 14.8. The number of para-hydroxylation sites is 1. The number of hydrogen-bond donors (Lipinski definition) is 1. The van der Waals surface area contributed by atoms with Crippen LogP contribution in [0.4, 0.5) is 5.69 Å². The minimum Gasteiger partial charge on any atom is -0.369 e. The average Bonchev–Trinajstić information content (AvgIpc) is 3.29. The van der Waals surface area contributed by atoms with Gasteiger partial charge in [-0.15, -0.1) is 0 Å². The monoisotopic (exact) mass is 283 g/mol. The summed E-state index contributed by atoms with van der Waals surface area (Å²) in [5, 5.41) is 4.82. The van der Waals surface area contributed by atoms with Crippen LogP contribution in [0.15, 0.2) is 30.3 Å². The van der Waals surface area contributed by atoms with Gasteiger partial charge < -0.3 is 10.2 Å². The van der Waals surface area contributed by atoms with Crippen molar-refractivity contribution in [1.29, 1.82) is 0 Å². The van der Waals surface area contributed by atoms with E-state index in [1.807, 2.05) is 0 Å². The van der Waals surface area contributed by atoms with Crippen molar-refractivity contribution in [2.75, 3.05) is 11.4 Å². The lowest BCUT2D eigenvalue weighted by Gasteiger charge is -2.29. The maximum atomic E-state index is 4.82. The number of benzene rings is 1. The van der Waals surface area contributed by atoms with Crippen molar-refractivity contribution in [3.63, 3.8) is 0 Å². The topological polar surface area (TPSA) is 28.2 Å². The van der Waals surface area contributed by atoms with Crippen molar-refractivity contribution >= 4 is 16.6 Å². The first-order valence-electron chi connectivity index (χ1n) is 8.07. The molecule has 0 saturated heterocycles. The van der Waals surface area contributed by atoms with Gasteiger partial charge in [-0.3, -0.25) is 4.98 Å². The smallest absolute Gasteiger partial charge is 0.0726 e. The normalized spacial score (nSPS) is 14.9. The van der Waals surface area contributed by atoms with Crippen LogP contribution >= 0.6 is 0 Å². The first kappa shape index (κ1) is 14.3. The van der Waals surface area contributed by atoms with Crippen LogP contribution in [0.2, 0.25) is 0 Å². The van der Waals surface area contributed by atoms with Gasteiger partial charge in [0.15, 0.2) is 0 Å². The highest BCUT2D eigenvalue weighted by Gasteiger charge is 2.21. The van der Waals surface area contributed by atoms with Gasteiger partial charge in [0.25, 0.3) is 0 Å². The van der Waals surface area contributed by atoms with Crippen LogP contribution in [0.5, 0.6) is 0 Å². The van der Waals surface area contributed by atoms with Gasteiger partial charge in [0.2, 0.25) is 0 Å². The van der Waals surface area contributed by atoms with E-state index in [-0.39, 0.29) is 0 Å². The molecule has 1 saturated carbocycles. The van der Waals surface area contributed by atoms with E-state index in [1.165, 1.54) is 23.9 Å². The number of nitrogens with zero attached hydrogens (tertiary/aromatic N) is 2. The first-order chi connectivity index (χ1) is 10.2. The van der Waals surface area contributed by atoms with Crippen LogP contribution in [0.25, 0.3) is 10.9 Å². The Labute approximate surface area is 127 Å². The standard InChI is InChI=1S/C18H25N3/c1-4-21(13(2)3)18-11-15(12-19-14-9-10-14)20-17-8-6-5-7-16(17)18/h5-8,11,13-14,19H,4,9-10,12H2,1-3H3. The molecule has 0 spiro atoms. The number of pyridine rings is 1. The van der Waals surface area contributed by atoms with E-state index in [0.717, 1.165) is 24.3 Å². The molecule has 3 heteroatoms. The Hall–Kier alpha value is -1.61. The average molecular weight is 283 g/mol. The van der Waals surface area contributed by atoms with Gasteiger partial charge in [0.1, 0.15) is 0 Å². The number of hydrogen-bond acceptors (Lipinski definition) is 3. The molecule has 0 radical (unpaired) electrons. The highest BCUT2D eigenvalue weighted by atomic mass is 15.1. The molecule has 0 bridgehead atoms. The summed E-state index contributed by atoms with van der Waals surface area (Å²) in [5.41, 5.74) is 3.56. The molecule has 1 aliphatic rings. The van der Waals surface area contributed by atoms with Crippen LogP contribution in [0.3, 0.4) is 0 Å². The lowest BCUT2D eigenvalue weighted by Crippen LogP contribution is -2.30. The number of nitrogens with one attached hydrogen (secondary N) is 1. The molecular weight excluding hydrogens is 258 g/mol. The van der Waals surface area contributed by atoms with Crippen molar-refractivity contribution in [1.82, 2.24) is 10.3 Å². The molecule has 1 aromatic heterocycles. The third-order valence-electron chi connectivity index (χ3n) is 4.17. The minimum atomic E-state index is 0.491. The van der Waals surface area contributed by atoms with Crippen molar-refractivity contribution in [2.24, 2.45) is 0 Å². The lowest BCUT2D eigenvalue weighted by molar-refractivity contribution is 0.673. The number of fused-ring (bicyclic) bond motifs is 1.